The van der Waals surface area contributed by atoms with E-state index in [1.54, 1.807) is 34.0 Å². The molecule has 2 aromatic heterocycles. The Morgan fingerprint density at radius 1 is 0.880 bits per heavy atom. The highest BCUT2D eigenvalue weighted by molar-refractivity contribution is 7.53. The van der Waals surface area contributed by atoms with Crippen LogP contribution in [0, 0.1) is 0 Å². The van der Waals surface area contributed by atoms with Crippen LogP contribution < -0.4 is 5.48 Å². The van der Waals surface area contributed by atoms with Crippen molar-refractivity contribution in [2.75, 3.05) is 32.1 Å². The molecule has 1 unspecified atom stereocenters. The van der Waals surface area contributed by atoms with Crippen molar-refractivity contribution in [1.29, 1.82) is 0 Å². The molecule has 3 aromatic carbocycles. The number of hydrogen-bond acceptors (Lipinski definition) is 10. The molecule has 0 spiro atoms. The van der Waals surface area contributed by atoms with Crippen molar-refractivity contribution in [1.82, 2.24) is 19.5 Å². The molecular formula is C36H43N8O5P. The molecule has 1 N–H and O–H groups in total. The van der Waals surface area contributed by atoms with Crippen molar-refractivity contribution in [2.45, 2.75) is 57.8 Å². The summed E-state index contributed by atoms with van der Waals surface area (Å²) in [7, 11) is -2.00. The van der Waals surface area contributed by atoms with Crippen LogP contribution in [0.25, 0.3) is 21.6 Å². The number of aromatic nitrogens is 4. The zero-order valence-electron chi connectivity index (χ0n) is 28.9. The molecule has 0 saturated carbocycles. The Morgan fingerprint density at radius 2 is 1.42 bits per heavy atom. The summed E-state index contributed by atoms with van der Waals surface area (Å²) in [5.74, 6) is 0.848. The van der Waals surface area contributed by atoms with Crippen LogP contribution in [0.1, 0.15) is 62.7 Å². The molecule has 5 rings (SSSR count). The number of ether oxygens (including phenoxy) is 1. The number of hydrogen-bond donors (Lipinski definition) is 1. The molecule has 0 fully saturated rings. The van der Waals surface area contributed by atoms with Crippen LogP contribution in [0.2, 0.25) is 0 Å². The molecule has 0 aliphatic heterocycles. The molecule has 1 atom stereocenters. The fourth-order valence-electron chi connectivity index (χ4n) is 6.04. The summed E-state index contributed by atoms with van der Waals surface area (Å²) < 4.78 is 32.4. The summed E-state index contributed by atoms with van der Waals surface area (Å²) in [6.07, 6.45) is 1.19. The van der Waals surface area contributed by atoms with Crippen LogP contribution in [0.3, 0.4) is 0 Å². The van der Waals surface area contributed by atoms with Gasteiger partial charge < -0.3 is 18.4 Å². The Balaban J connectivity index is 1.63. The number of rotatable bonds is 18. The van der Waals surface area contributed by atoms with E-state index in [9.17, 15) is 10.1 Å². The number of nitrogens with zero attached hydrogens (tertiary/aromatic N) is 7. The Kier molecular flexibility index (Phi) is 12.4. The van der Waals surface area contributed by atoms with Crippen LogP contribution in [0.15, 0.2) is 102 Å². The first-order chi connectivity index (χ1) is 24.2. The standard InChI is InChI=1S/C36H43N8O5P/c1-26(2)48-50(45,49-27(3)4)25-47-22-21-31(23-39-43-37)44-24-38-32-33(42-46-5)40-35(41-34(32)44)36(28-15-9-6-10-16-28,29-17-11-7-12-18-29)30-19-13-8-14-20-30/h6-20,24,26-27,31H,21-23,25H2,1-5H3,(H,40,41,42). The molecule has 0 saturated heterocycles. The van der Waals surface area contributed by atoms with Crippen LogP contribution in [-0.4, -0.2) is 58.3 Å². The molecule has 0 bridgehead atoms. The summed E-state index contributed by atoms with van der Waals surface area (Å²) in [6.45, 7) is 7.42. The number of anilines is 1. The van der Waals surface area contributed by atoms with E-state index in [1.807, 2.05) is 59.2 Å². The van der Waals surface area contributed by atoms with E-state index >= 15 is 0 Å². The lowest BCUT2D eigenvalue weighted by molar-refractivity contribution is 0.0943. The summed E-state index contributed by atoms with van der Waals surface area (Å²) >= 11 is 0. The van der Waals surface area contributed by atoms with Crippen molar-refractivity contribution < 1.29 is 23.2 Å². The van der Waals surface area contributed by atoms with Gasteiger partial charge in [0.2, 0.25) is 0 Å². The maximum atomic E-state index is 13.3. The van der Waals surface area contributed by atoms with Gasteiger partial charge in [0.1, 0.15) is 11.8 Å². The smallest absolute Gasteiger partial charge is 0.356 e. The maximum Gasteiger partial charge on any atom is 0.356 e. The Hall–Kier alpha value is -4.61. The van der Waals surface area contributed by atoms with Crippen molar-refractivity contribution in [3.63, 3.8) is 0 Å². The van der Waals surface area contributed by atoms with Gasteiger partial charge in [0.25, 0.3) is 0 Å². The third-order valence-corrected chi connectivity index (χ3v) is 9.90. The number of imidazole rings is 1. The molecule has 0 amide bonds. The first-order valence-corrected chi connectivity index (χ1v) is 18.2. The lowest BCUT2D eigenvalue weighted by Crippen LogP contribution is -2.33. The molecule has 0 aliphatic rings. The number of azide groups is 1. The fraction of sp³-hybridized carbons (Fsp3) is 0.361. The fourth-order valence-corrected chi connectivity index (χ4v) is 7.85. The molecule has 5 aromatic rings. The molecule has 50 heavy (non-hydrogen) atoms. The molecule has 2 heterocycles. The first kappa shape index (κ1) is 36.7. The lowest BCUT2D eigenvalue weighted by Gasteiger charge is -2.34. The zero-order valence-corrected chi connectivity index (χ0v) is 29.8. The van der Waals surface area contributed by atoms with E-state index in [1.165, 1.54) is 7.11 Å². The highest BCUT2D eigenvalue weighted by Gasteiger charge is 2.42. The first-order valence-electron chi connectivity index (χ1n) is 16.5. The largest absolute Gasteiger partial charge is 0.369 e. The summed E-state index contributed by atoms with van der Waals surface area (Å²) in [4.78, 5) is 23.5. The van der Waals surface area contributed by atoms with Crippen molar-refractivity contribution in [3.8, 4) is 0 Å². The van der Waals surface area contributed by atoms with E-state index in [0.717, 1.165) is 16.7 Å². The second-order valence-corrected chi connectivity index (χ2v) is 14.1. The molecule has 14 heteroatoms. The number of fused-ring (bicyclic) bond motifs is 1. The van der Waals surface area contributed by atoms with Gasteiger partial charge in [-0.1, -0.05) is 96.1 Å². The van der Waals surface area contributed by atoms with Gasteiger partial charge >= 0.3 is 7.60 Å². The topological polar surface area (TPSA) is 158 Å². The summed E-state index contributed by atoms with van der Waals surface area (Å²) in [5.41, 5.74) is 15.1. The van der Waals surface area contributed by atoms with Gasteiger partial charge in [-0.2, -0.15) is 0 Å². The Labute approximate surface area is 292 Å². The van der Waals surface area contributed by atoms with E-state index in [0.29, 0.717) is 29.2 Å². The highest BCUT2D eigenvalue weighted by atomic mass is 31.2. The van der Waals surface area contributed by atoms with E-state index in [-0.39, 0.29) is 31.7 Å². The average Bonchev–Trinajstić information content (AvgIpc) is 3.53. The second-order valence-electron chi connectivity index (χ2n) is 12.2. The minimum Gasteiger partial charge on any atom is -0.369 e. The molecule has 0 radical (unpaired) electrons. The third kappa shape index (κ3) is 8.22. The van der Waals surface area contributed by atoms with Gasteiger partial charge in [-0.25, -0.2) is 20.4 Å². The lowest BCUT2D eigenvalue weighted by atomic mass is 9.68. The van der Waals surface area contributed by atoms with Crippen LogP contribution in [0.5, 0.6) is 0 Å². The minimum absolute atomic E-state index is 0.0849. The minimum atomic E-state index is -3.51. The van der Waals surface area contributed by atoms with Gasteiger partial charge in [0, 0.05) is 24.1 Å². The summed E-state index contributed by atoms with van der Waals surface area (Å²) in [6, 6.07) is 29.9. The van der Waals surface area contributed by atoms with E-state index in [2.05, 4.69) is 56.9 Å². The Morgan fingerprint density at radius 3 is 1.90 bits per heavy atom. The monoisotopic (exact) mass is 698 g/mol. The highest BCUT2D eigenvalue weighted by Crippen LogP contribution is 2.50. The van der Waals surface area contributed by atoms with Crippen LogP contribution in [-0.2, 0) is 28.6 Å². The van der Waals surface area contributed by atoms with Crippen molar-refractivity contribution in [3.05, 3.63) is 130 Å². The van der Waals surface area contributed by atoms with Gasteiger partial charge in [0.15, 0.2) is 22.8 Å². The van der Waals surface area contributed by atoms with E-state index < -0.39 is 19.1 Å². The van der Waals surface area contributed by atoms with Crippen LogP contribution in [0.4, 0.5) is 5.82 Å². The predicted molar refractivity (Wildman–Crippen MR) is 193 cm³/mol. The van der Waals surface area contributed by atoms with Gasteiger partial charge in [0.05, 0.1) is 25.6 Å². The van der Waals surface area contributed by atoms with Gasteiger partial charge in [-0.15, -0.1) is 0 Å². The van der Waals surface area contributed by atoms with Gasteiger partial charge in [-0.05, 0) is 56.3 Å². The predicted octanol–water partition coefficient (Wildman–Crippen LogP) is 8.44. The third-order valence-electron chi connectivity index (χ3n) is 7.91. The number of benzene rings is 3. The summed E-state index contributed by atoms with van der Waals surface area (Å²) in [5, 5.41) is 3.90. The SMILES string of the molecule is CONc1nc(C(c2ccccc2)(c2ccccc2)c2ccccc2)nc2c1ncn2C(CCOCP(=O)(OC(C)C)OC(C)C)CN=[N+]=[N-]. The average molecular weight is 699 g/mol. The quantitative estimate of drug-likeness (QED) is 0.0180. The van der Waals surface area contributed by atoms with E-state index in [4.69, 9.17) is 28.6 Å². The zero-order chi connectivity index (χ0) is 35.6. The van der Waals surface area contributed by atoms with Crippen LogP contribution >= 0.6 is 7.60 Å². The maximum absolute atomic E-state index is 13.3. The normalized spacial score (nSPS) is 12.7. The molecular weight excluding hydrogens is 655 g/mol. The van der Waals surface area contributed by atoms with Gasteiger partial charge in [-0.3, -0.25) is 9.40 Å². The second kappa shape index (κ2) is 16.9. The molecule has 0 aliphatic carbocycles. The van der Waals surface area contributed by atoms with Crippen molar-refractivity contribution >= 4 is 24.6 Å². The van der Waals surface area contributed by atoms with Crippen molar-refractivity contribution in [2.24, 2.45) is 5.11 Å². The molecule has 262 valence electrons. The molecule has 13 nitrogen and oxygen atoms in total. The Bertz CT molecular complexity index is 1810. The number of nitrogens with one attached hydrogen (secondary N) is 1.